The molecule has 0 aliphatic carbocycles. The van der Waals surface area contributed by atoms with Crippen LogP contribution >= 0.6 is 0 Å². The molecule has 0 saturated carbocycles. The van der Waals surface area contributed by atoms with Crippen LogP contribution in [0, 0.1) is 13.8 Å². The van der Waals surface area contributed by atoms with E-state index in [0.29, 0.717) is 60.9 Å². The van der Waals surface area contributed by atoms with Gasteiger partial charge in [-0.3, -0.25) is 14.5 Å². The van der Waals surface area contributed by atoms with Crippen molar-refractivity contribution in [1.29, 1.82) is 0 Å². The van der Waals surface area contributed by atoms with Crippen LogP contribution in [0.3, 0.4) is 0 Å². The number of aromatic nitrogens is 1. The fourth-order valence-corrected chi connectivity index (χ4v) is 5.23. The minimum Gasteiger partial charge on any atom is -0.507 e. The summed E-state index contributed by atoms with van der Waals surface area (Å²) in [6.45, 7) is 9.79. The summed E-state index contributed by atoms with van der Waals surface area (Å²) < 4.78 is 15.9. The first-order valence-corrected chi connectivity index (χ1v) is 12.9. The predicted molar refractivity (Wildman–Crippen MR) is 140 cm³/mol. The molecule has 1 atom stereocenters. The van der Waals surface area contributed by atoms with Crippen molar-refractivity contribution in [2.45, 2.75) is 33.2 Å². The Hall–Kier alpha value is -3.63. The first-order chi connectivity index (χ1) is 18.3. The number of hydrogen-bond acceptors (Lipinski definition) is 8. The van der Waals surface area contributed by atoms with E-state index in [0.717, 1.165) is 19.6 Å². The second-order valence-corrected chi connectivity index (χ2v) is 9.42. The maximum absolute atomic E-state index is 13.4. The molecule has 2 fully saturated rings. The molecule has 1 amide bonds. The van der Waals surface area contributed by atoms with Crippen LogP contribution in [-0.4, -0.2) is 90.7 Å². The largest absolute Gasteiger partial charge is 0.507 e. The van der Waals surface area contributed by atoms with E-state index in [1.165, 1.54) is 12.0 Å². The number of nitrogens with zero attached hydrogens (tertiary/aromatic N) is 2. The number of morpholine rings is 1. The number of rotatable bonds is 9. The summed E-state index contributed by atoms with van der Waals surface area (Å²) in [4.78, 5) is 45.8. The van der Waals surface area contributed by atoms with Crippen molar-refractivity contribution in [2.24, 2.45) is 0 Å². The van der Waals surface area contributed by atoms with Crippen molar-refractivity contribution < 1.29 is 33.7 Å². The molecule has 1 aromatic carbocycles. The average Bonchev–Trinajstić information content (AvgIpc) is 3.36. The Bertz CT molecular complexity index is 1240. The number of carbonyl (C=O) groups is 3. The molecule has 10 heteroatoms. The summed E-state index contributed by atoms with van der Waals surface area (Å²) in [7, 11) is 1.27. The van der Waals surface area contributed by atoms with Crippen LogP contribution in [0.1, 0.15) is 52.3 Å². The number of aliphatic hydroxyl groups excluding tert-OH is 1. The molecule has 2 aliphatic heterocycles. The van der Waals surface area contributed by atoms with Crippen LogP contribution in [0.2, 0.25) is 0 Å². The van der Waals surface area contributed by atoms with Gasteiger partial charge in [0.05, 0.1) is 38.5 Å². The van der Waals surface area contributed by atoms with E-state index >= 15 is 0 Å². The lowest BCUT2D eigenvalue weighted by atomic mass is 9.94. The first kappa shape index (κ1) is 27.4. The maximum Gasteiger partial charge on any atom is 0.354 e. The summed E-state index contributed by atoms with van der Waals surface area (Å²) in [6.07, 6.45) is 0.656. The molecule has 2 N–H and O–H groups in total. The highest BCUT2D eigenvalue weighted by atomic mass is 16.5. The minimum atomic E-state index is -0.810. The number of esters is 1. The van der Waals surface area contributed by atoms with E-state index in [2.05, 4.69) is 9.88 Å². The van der Waals surface area contributed by atoms with E-state index in [9.17, 15) is 19.5 Å². The lowest BCUT2D eigenvalue weighted by Gasteiger charge is -2.29. The van der Waals surface area contributed by atoms with Gasteiger partial charge in [-0.15, -0.1) is 0 Å². The number of benzene rings is 1. The van der Waals surface area contributed by atoms with Gasteiger partial charge in [-0.1, -0.05) is 12.1 Å². The number of ether oxygens (including phenoxy) is 3. The summed E-state index contributed by atoms with van der Waals surface area (Å²) in [6, 6.07) is 6.41. The molecule has 2 aromatic rings. The lowest BCUT2D eigenvalue weighted by Crippen LogP contribution is -2.38. The second-order valence-electron chi connectivity index (χ2n) is 9.42. The van der Waals surface area contributed by atoms with E-state index in [1.54, 1.807) is 32.0 Å². The molecular formula is C28H35N3O7. The molecule has 2 aliphatic rings. The van der Waals surface area contributed by atoms with Gasteiger partial charge in [0.2, 0.25) is 0 Å². The number of nitrogens with one attached hydrogen (secondary N) is 1. The molecule has 38 heavy (non-hydrogen) atoms. The molecule has 1 unspecified atom stereocenters. The van der Waals surface area contributed by atoms with Crippen LogP contribution in [-0.2, 0) is 19.1 Å². The number of hydrogen-bond donors (Lipinski definition) is 2. The van der Waals surface area contributed by atoms with Crippen LogP contribution in [0.25, 0.3) is 5.76 Å². The van der Waals surface area contributed by atoms with Gasteiger partial charge in [-0.05, 0) is 50.5 Å². The first-order valence-electron chi connectivity index (χ1n) is 12.9. The fraction of sp³-hybridized carbons (Fsp3) is 0.464. The Balaban J connectivity index is 1.76. The number of methoxy groups -OCH3 is 1. The van der Waals surface area contributed by atoms with Crippen LogP contribution < -0.4 is 4.74 Å². The lowest BCUT2D eigenvalue weighted by molar-refractivity contribution is -0.140. The van der Waals surface area contributed by atoms with Crippen molar-refractivity contribution in [3.8, 4) is 5.75 Å². The van der Waals surface area contributed by atoms with Gasteiger partial charge < -0.3 is 29.2 Å². The Morgan fingerprint density at radius 2 is 1.92 bits per heavy atom. The Labute approximate surface area is 222 Å². The highest BCUT2D eigenvalue weighted by molar-refractivity contribution is 6.46. The third-order valence-electron chi connectivity index (χ3n) is 7.07. The van der Waals surface area contributed by atoms with Gasteiger partial charge in [0.1, 0.15) is 17.2 Å². The van der Waals surface area contributed by atoms with Crippen molar-refractivity contribution in [2.75, 3.05) is 53.1 Å². The summed E-state index contributed by atoms with van der Waals surface area (Å²) in [5.74, 6) is -1.74. The average molecular weight is 526 g/mol. The monoisotopic (exact) mass is 525 g/mol. The number of ketones is 1. The Kier molecular flexibility index (Phi) is 8.53. The molecule has 0 spiro atoms. The number of carbonyl (C=O) groups excluding carboxylic acids is 3. The topological polar surface area (TPSA) is 121 Å². The van der Waals surface area contributed by atoms with Crippen LogP contribution in [0.4, 0.5) is 0 Å². The van der Waals surface area contributed by atoms with Crippen molar-refractivity contribution in [1.82, 2.24) is 14.8 Å². The zero-order valence-corrected chi connectivity index (χ0v) is 22.3. The molecule has 4 rings (SSSR count). The number of H-pyrrole nitrogens is 1. The number of Topliss-reactive ketones (excluding diaryl/α,β-unsaturated/α-hetero) is 1. The molecule has 3 heterocycles. The van der Waals surface area contributed by atoms with Gasteiger partial charge in [0, 0.05) is 37.4 Å². The number of aliphatic hydroxyl groups is 1. The Morgan fingerprint density at radius 3 is 2.61 bits per heavy atom. The fourth-order valence-electron chi connectivity index (χ4n) is 5.23. The summed E-state index contributed by atoms with van der Waals surface area (Å²) >= 11 is 0. The van der Waals surface area contributed by atoms with E-state index in [1.807, 2.05) is 13.0 Å². The zero-order chi connectivity index (χ0) is 27.4. The van der Waals surface area contributed by atoms with Gasteiger partial charge in [-0.25, -0.2) is 4.79 Å². The van der Waals surface area contributed by atoms with E-state index in [4.69, 9.17) is 14.2 Å². The van der Waals surface area contributed by atoms with Crippen molar-refractivity contribution in [3.63, 3.8) is 0 Å². The third-order valence-corrected chi connectivity index (χ3v) is 7.07. The number of amides is 1. The quantitative estimate of drug-likeness (QED) is 0.222. The summed E-state index contributed by atoms with van der Waals surface area (Å²) in [5.41, 5.74) is 2.05. The van der Waals surface area contributed by atoms with Crippen LogP contribution in [0.5, 0.6) is 5.75 Å². The van der Waals surface area contributed by atoms with Gasteiger partial charge >= 0.3 is 5.97 Å². The van der Waals surface area contributed by atoms with Gasteiger partial charge in [-0.2, -0.15) is 0 Å². The van der Waals surface area contributed by atoms with Crippen molar-refractivity contribution in [3.05, 3.63) is 57.9 Å². The molecule has 0 radical (unpaired) electrons. The standard InChI is InChI=1S/C28H35N3O7/c1-5-38-20-9-6-8-19(16-20)24-22(25(32)21-17(2)23(28(35)36-4)29-18(21)3)26(33)27(34)31(24)11-7-10-30-12-14-37-15-13-30/h6,8-9,16,24,29,32H,5,7,10-15H2,1-4H3/b25-22+. The molecule has 10 nitrogen and oxygen atoms in total. The number of aryl methyl sites for hydroxylation is 1. The minimum absolute atomic E-state index is 0.0170. The van der Waals surface area contributed by atoms with Gasteiger partial charge in [0.25, 0.3) is 11.7 Å². The third kappa shape index (κ3) is 5.32. The Morgan fingerprint density at radius 1 is 1.18 bits per heavy atom. The van der Waals surface area contributed by atoms with Crippen molar-refractivity contribution >= 4 is 23.4 Å². The molecular weight excluding hydrogens is 490 g/mol. The smallest absolute Gasteiger partial charge is 0.354 e. The molecule has 1 aromatic heterocycles. The normalized spacial score (nSPS) is 19.7. The summed E-state index contributed by atoms with van der Waals surface area (Å²) in [5, 5.41) is 11.5. The second kappa shape index (κ2) is 11.8. The maximum atomic E-state index is 13.4. The molecule has 204 valence electrons. The highest BCUT2D eigenvalue weighted by Gasteiger charge is 2.46. The predicted octanol–water partition coefficient (Wildman–Crippen LogP) is 2.96. The van der Waals surface area contributed by atoms with Gasteiger partial charge in [0.15, 0.2) is 0 Å². The molecule has 0 bridgehead atoms. The molecule has 2 saturated heterocycles. The number of aromatic amines is 1. The zero-order valence-electron chi connectivity index (χ0n) is 22.3. The van der Waals surface area contributed by atoms with E-state index < -0.39 is 23.7 Å². The number of likely N-dealkylation sites (tertiary alicyclic amines) is 1. The highest BCUT2D eigenvalue weighted by Crippen LogP contribution is 2.41. The SMILES string of the molecule is CCOc1cccc(C2/C(=C(\O)c3c(C)[nH]c(C(=O)OC)c3C)C(=O)C(=O)N2CCCN2CCOCC2)c1. The van der Waals surface area contributed by atoms with Crippen LogP contribution in [0.15, 0.2) is 29.8 Å². The van der Waals surface area contributed by atoms with E-state index in [-0.39, 0.29) is 17.0 Å².